The number of nitrogens with zero attached hydrogens (tertiary/aromatic N) is 2. The molecule has 2 aliphatic heterocycles. The minimum Gasteiger partial charge on any atom is -0.378 e. The Morgan fingerprint density at radius 2 is 1.96 bits per heavy atom. The molecule has 1 aromatic rings. The molecule has 0 N–H and O–H groups in total. The zero-order valence-electron chi connectivity index (χ0n) is 13.9. The van der Waals surface area contributed by atoms with Crippen LogP contribution in [0.4, 0.5) is 0 Å². The van der Waals surface area contributed by atoms with Crippen molar-refractivity contribution in [3.05, 3.63) is 29.3 Å². The number of thioether (sulfide) groups is 1. The Bertz CT molecular complexity index is 730. The molecule has 2 heterocycles. The van der Waals surface area contributed by atoms with E-state index in [1.807, 2.05) is 19.1 Å². The standard InChI is InChI=1S/C16H22N2O4S2/c1-12-3-4-13(2)15(9-12)24(20,21)18-11-23-10-14(18)16(19)17-5-7-22-8-6-17/h3-4,9,14H,5-8,10-11H2,1-2H3/t14-/m1/s1. The summed E-state index contributed by atoms with van der Waals surface area (Å²) in [6.07, 6.45) is 0. The van der Waals surface area contributed by atoms with Gasteiger partial charge >= 0.3 is 0 Å². The van der Waals surface area contributed by atoms with Crippen LogP contribution in [-0.4, -0.2) is 67.5 Å². The fourth-order valence-electron chi connectivity index (χ4n) is 2.96. The average Bonchev–Trinajstić information content (AvgIpc) is 3.07. The van der Waals surface area contributed by atoms with Gasteiger partial charge in [-0.3, -0.25) is 4.79 Å². The van der Waals surface area contributed by atoms with Gasteiger partial charge in [-0.2, -0.15) is 4.31 Å². The Morgan fingerprint density at radius 1 is 1.25 bits per heavy atom. The maximum Gasteiger partial charge on any atom is 0.244 e. The van der Waals surface area contributed by atoms with Gasteiger partial charge in [0, 0.05) is 18.8 Å². The Morgan fingerprint density at radius 3 is 2.67 bits per heavy atom. The summed E-state index contributed by atoms with van der Waals surface area (Å²) in [7, 11) is -3.69. The molecule has 6 nitrogen and oxygen atoms in total. The predicted octanol–water partition coefficient (Wildman–Crippen LogP) is 1.23. The molecule has 8 heteroatoms. The lowest BCUT2D eigenvalue weighted by Crippen LogP contribution is -2.51. The number of aryl methyl sites for hydroxylation is 2. The highest BCUT2D eigenvalue weighted by Gasteiger charge is 2.42. The Balaban J connectivity index is 1.89. The van der Waals surface area contributed by atoms with E-state index in [1.54, 1.807) is 17.9 Å². The number of sulfonamides is 1. The molecular formula is C16H22N2O4S2. The normalized spacial score (nSPS) is 22.8. The summed E-state index contributed by atoms with van der Waals surface area (Å²) in [4.78, 5) is 14.8. The molecule has 1 aromatic carbocycles. The number of benzene rings is 1. The first-order chi connectivity index (χ1) is 11.4. The highest BCUT2D eigenvalue weighted by Crippen LogP contribution is 2.31. The monoisotopic (exact) mass is 370 g/mol. The quantitative estimate of drug-likeness (QED) is 0.801. The van der Waals surface area contributed by atoms with Crippen molar-refractivity contribution in [1.29, 1.82) is 0 Å². The van der Waals surface area contributed by atoms with E-state index in [1.165, 1.54) is 16.1 Å². The summed E-state index contributed by atoms with van der Waals surface area (Å²) in [6.45, 7) is 5.72. The summed E-state index contributed by atoms with van der Waals surface area (Å²) >= 11 is 1.48. The molecule has 1 amide bonds. The number of rotatable bonds is 3. The van der Waals surface area contributed by atoms with Crippen LogP contribution in [0.2, 0.25) is 0 Å². The summed E-state index contributed by atoms with van der Waals surface area (Å²) in [5.74, 6) is 0.702. The van der Waals surface area contributed by atoms with Crippen molar-refractivity contribution in [3.8, 4) is 0 Å². The molecule has 0 unspecified atom stereocenters. The predicted molar refractivity (Wildman–Crippen MR) is 93.5 cm³/mol. The molecule has 24 heavy (non-hydrogen) atoms. The minimum absolute atomic E-state index is 0.114. The van der Waals surface area contributed by atoms with E-state index in [2.05, 4.69) is 0 Å². The van der Waals surface area contributed by atoms with Crippen molar-refractivity contribution in [1.82, 2.24) is 9.21 Å². The highest BCUT2D eigenvalue weighted by molar-refractivity contribution is 8.00. The highest BCUT2D eigenvalue weighted by atomic mass is 32.2. The molecule has 0 saturated carbocycles. The summed E-state index contributed by atoms with van der Waals surface area (Å²) in [5, 5.41) is 0. The number of hydrogen-bond donors (Lipinski definition) is 0. The van der Waals surface area contributed by atoms with Gasteiger partial charge in [0.05, 0.1) is 24.0 Å². The van der Waals surface area contributed by atoms with Gasteiger partial charge in [-0.1, -0.05) is 12.1 Å². The van der Waals surface area contributed by atoms with Crippen LogP contribution in [-0.2, 0) is 19.6 Å². The zero-order valence-corrected chi connectivity index (χ0v) is 15.5. The molecular weight excluding hydrogens is 348 g/mol. The fraction of sp³-hybridized carbons (Fsp3) is 0.562. The second-order valence-corrected chi connectivity index (χ2v) is 8.97. The van der Waals surface area contributed by atoms with Crippen LogP contribution in [0.15, 0.2) is 23.1 Å². The van der Waals surface area contributed by atoms with Crippen molar-refractivity contribution in [2.24, 2.45) is 0 Å². The zero-order chi connectivity index (χ0) is 17.3. The maximum atomic E-state index is 13.1. The van der Waals surface area contributed by atoms with Crippen molar-refractivity contribution >= 4 is 27.7 Å². The van der Waals surface area contributed by atoms with Crippen LogP contribution in [0.1, 0.15) is 11.1 Å². The van der Waals surface area contributed by atoms with E-state index in [0.29, 0.717) is 48.4 Å². The molecule has 0 radical (unpaired) electrons. The molecule has 0 bridgehead atoms. The van der Waals surface area contributed by atoms with Gasteiger partial charge in [0.15, 0.2) is 0 Å². The SMILES string of the molecule is Cc1ccc(C)c(S(=O)(=O)N2CSC[C@@H]2C(=O)N2CCOCC2)c1. The summed E-state index contributed by atoms with van der Waals surface area (Å²) in [6, 6.07) is 4.76. The smallest absolute Gasteiger partial charge is 0.244 e. The van der Waals surface area contributed by atoms with Crippen molar-refractivity contribution in [3.63, 3.8) is 0 Å². The first-order valence-electron chi connectivity index (χ1n) is 7.94. The lowest BCUT2D eigenvalue weighted by molar-refractivity contribution is -0.138. The van der Waals surface area contributed by atoms with E-state index >= 15 is 0 Å². The van der Waals surface area contributed by atoms with Gasteiger partial charge < -0.3 is 9.64 Å². The van der Waals surface area contributed by atoms with Crippen LogP contribution in [0.3, 0.4) is 0 Å². The van der Waals surface area contributed by atoms with Gasteiger partial charge in [0.25, 0.3) is 0 Å². The number of carbonyl (C=O) groups is 1. The van der Waals surface area contributed by atoms with E-state index in [-0.39, 0.29) is 5.91 Å². The third-order valence-electron chi connectivity index (χ3n) is 4.38. The Labute approximate surface area is 147 Å². The molecule has 2 saturated heterocycles. The second kappa shape index (κ2) is 7.03. The van der Waals surface area contributed by atoms with Gasteiger partial charge in [0.1, 0.15) is 6.04 Å². The fourth-order valence-corrected chi connectivity index (χ4v) is 6.41. The average molecular weight is 370 g/mol. The maximum absolute atomic E-state index is 13.1. The number of hydrogen-bond acceptors (Lipinski definition) is 5. The van der Waals surface area contributed by atoms with Gasteiger partial charge in [-0.25, -0.2) is 8.42 Å². The van der Waals surface area contributed by atoms with Gasteiger partial charge in [0.2, 0.25) is 15.9 Å². The van der Waals surface area contributed by atoms with Crippen LogP contribution in [0.5, 0.6) is 0 Å². The Hall–Kier alpha value is -1.09. The first kappa shape index (κ1) is 17.7. The van der Waals surface area contributed by atoms with E-state index in [4.69, 9.17) is 4.74 Å². The lowest BCUT2D eigenvalue weighted by Gasteiger charge is -2.32. The largest absolute Gasteiger partial charge is 0.378 e. The lowest BCUT2D eigenvalue weighted by atomic mass is 10.2. The first-order valence-corrected chi connectivity index (χ1v) is 10.5. The number of amides is 1. The van der Waals surface area contributed by atoms with Crippen LogP contribution < -0.4 is 0 Å². The van der Waals surface area contributed by atoms with Crippen molar-refractivity contribution < 1.29 is 17.9 Å². The van der Waals surface area contributed by atoms with Gasteiger partial charge in [-0.05, 0) is 31.0 Å². The molecule has 132 valence electrons. The number of ether oxygens (including phenoxy) is 1. The second-order valence-electron chi connectivity index (χ2n) is 6.11. The molecule has 0 aromatic heterocycles. The summed E-state index contributed by atoms with van der Waals surface area (Å²) in [5.41, 5.74) is 1.59. The van der Waals surface area contributed by atoms with Crippen molar-refractivity contribution in [2.75, 3.05) is 37.9 Å². The topological polar surface area (TPSA) is 66.9 Å². The van der Waals surface area contributed by atoms with Crippen LogP contribution in [0, 0.1) is 13.8 Å². The number of morpholine rings is 1. The van der Waals surface area contributed by atoms with E-state index < -0.39 is 16.1 Å². The van der Waals surface area contributed by atoms with Crippen molar-refractivity contribution in [2.45, 2.75) is 24.8 Å². The third kappa shape index (κ3) is 3.33. The van der Waals surface area contributed by atoms with Crippen LogP contribution >= 0.6 is 11.8 Å². The molecule has 0 spiro atoms. The minimum atomic E-state index is -3.69. The molecule has 2 fully saturated rings. The number of carbonyl (C=O) groups excluding carboxylic acids is 1. The van der Waals surface area contributed by atoms with Crippen LogP contribution in [0.25, 0.3) is 0 Å². The molecule has 1 atom stereocenters. The third-order valence-corrected chi connectivity index (χ3v) is 7.55. The molecule has 3 rings (SSSR count). The Kier molecular flexibility index (Phi) is 5.19. The van der Waals surface area contributed by atoms with E-state index in [9.17, 15) is 13.2 Å². The molecule has 2 aliphatic rings. The van der Waals surface area contributed by atoms with Gasteiger partial charge in [-0.15, -0.1) is 11.8 Å². The van der Waals surface area contributed by atoms with E-state index in [0.717, 1.165) is 5.56 Å². The summed E-state index contributed by atoms with van der Waals surface area (Å²) < 4.78 is 32.9. The molecule has 0 aliphatic carbocycles.